The monoisotopic (exact) mass is 422 g/mol. The molecule has 1 saturated heterocycles. The normalized spacial score (nSPS) is 15.8. The topological polar surface area (TPSA) is 66.9 Å². The molecule has 0 saturated carbocycles. The number of nitrogens with zero attached hydrogens (tertiary/aromatic N) is 2. The van der Waals surface area contributed by atoms with Crippen molar-refractivity contribution in [2.45, 2.75) is 18.7 Å². The lowest BCUT2D eigenvalue weighted by molar-refractivity contribution is -0.132. The van der Waals surface area contributed by atoms with Gasteiger partial charge in [0, 0.05) is 30.7 Å². The minimum Gasteiger partial charge on any atom is -0.497 e. The third-order valence-corrected chi connectivity index (χ3v) is 7.34. The quantitative estimate of drug-likeness (QED) is 0.759. The van der Waals surface area contributed by atoms with E-state index in [1.165, 1.54) is 9.21 Å². The molecule has 1 aliphatic rings. The van der Waals surface area contributed by atoms with E-state index >= 15 is 0 Å². The fourth-order valence-corrected chi connectivity index (χ4v) is 5.15. The van der Waals surface area contributed by atoms with Crippen molar-refractivity contribution in [2.75, 3.05) is 33.8 Å². The van der Waals surface area contributed by atoms with Gasteiger partial charge in [-0.25, -0.2) is 8.42 Å². The number of carbonyl (C=O) groups is 1. The number of benzene rings is 2. The number of ether oxygens (including phenoxy) is 1. The Bertz CT molecular complexity index is 1040. The standard InChI is InChI=1S/C20H23ClN2O4S/c1-13-9-14(2)19(28(25,26)23-8-7-22(3)20(24)12-23)11-16(13)17-10-15(27-4)5-6-18(17)21/h5-6,9-11H,7-8,12H2,1-4H3. The van der Waals surface area contributed by atoms with Gasteiger partial charge in [-0.15, -0.1) is 0 Å². The molecule has 6 nitrogen and oxygen atoms in total. The summed E-state index contributed by atoms with van der Waals surface area (Å²) in [5, 5.41) is 0.505. The van der Waals surface area contributed by atoms with Gasteiger partial charge in [-0.3, -0.25) is 4.79 Å². The number of aryl methyl sites for hydroxylation is 2. The second-order valence-electron chi connectivity index (χ2n) is 6.93. The molecule has 0 spiro atoms. The summed E-state index contributed by atoms with van der Waals surface area (Å²) in [7, 11) is -0.576. The van der Waals surface area contributed by atoms with Crippen LogP contribution < -0.4 is 4.74 Å². The molecule has 0 bridgehead atoms. The van der Waals surface area contributed by atoms with Gasteiger partial charge in [0.2, 0.25) is 15.9 Å². The van der Waals surface area contributed by atoms with E-state index in [9.17, 15) is 13.2 Å². The maximum atomic E-state index is 13.3. The van der Waals surface area contributed by atoms with Crippen molar-refractivity contribution in [1.82, 2.24) is 9.21 Å². The molecule has 0 unspecified atom stereocenters. The summed E-state index contributed by atoms with van der Waals surface area (Å²) in [5.74, 6) is 0.420. The summed E-state index contributed by atoms with van der Waals surface area (Å²) in [4.78, 5) is 13.7. The molecule has 28 heavy (non-hydrogen) atoms. The number of hydrogen-bond donors (Lipinski definition) is 0. The van der Waals surface area contributed by atoms with Crippen molar-refractivity contribution >= 4 is 27.5 Å². The van der Waals surface area contributed by atoms with E-state index in [1.54, 1.807) is 45.3 Å². The molecule has 0 aromatic heterocycles. The highest BCUT2D eigenvalue weighted by Crippen LogP contribution is 2.36. The maximum absolute atomic E-state index is 13.3. The minimum atomic E-state index is -3.81. The zero-order chi connectivity index (χ0) is 20.6. The fourth-order valence-electron chi connectivity index (χ4n) is 3.32. The zero-order valence-electron chi connectivity index (χ0n) is 16.3. The summed E-state index contributed by atoms with van der Waals surface area (Å²) in [6, 6.07) is 8.74. The summed E-state index contributed by atoms with van der Waals surface area (Å²) < 4.78 is 33.0. The molecule has 0 atom stereocenters. The predicted octanol–water partition coefficient (Wildman–Crippen LogP) is 3.10. The highest BCUT2D eigenvalue weighted by Gasteiger charge is 2.33. The number of hydrogen-bond acceptors (Lipinski definition) is 4. The van der Waals surface area contributed by atoms with Crippen LogP contribution in [0, 0.1) is 13.8 Å². The van der Waals surface area contributed by atoms with Gasteiger partial charge in [0.15, 0.2) is 0 Å². The molecule has 1 aliphatic heterocycles. The molecule has 1 heterocycles. The minimum absolute atomic E-state index is 0.151. The van der Waals surface area contributed by atoms with E-state index in [-0.39, 0.29) is 23.9 Å². The van der Waals surface area contributed by atoms with Crippen molar-refractivity contribution in [3.8, 4) is 16.9 Å². The number of methoxy groups -OCH3 is 1. The SMILES string of the molecule is COc1ccc(Cl)c(-c2cc(S(=O)(=O)N3CCN(C)C(=O)C3)c(C)cc2C)c1. The average Bonchev–Trinajstić information content (AvgIpc) is 2.64. The van der Waals surface area contributed by atoms with Crippen LogP contribution in [-0.4, -0.2) is 57.3 Å². The molecule has 3 rings (SSSR count). The van der Waals surface area contributed by atoms with Gasteiger partial charge in [0.1, 0.15) is 5.75 Å². The van der Waals surface area contributed by atoms with Crippen LogP contribution in [0.5, 0.6) is 5.75 Å². The van der Waals surface area contributed by atoms with E-state index in [4.69, 9.17) is 16.3 Å². The van der Waals surface area contributed by atoms with Crippen LogP contribution in [0.15, 0.2) is 35.2 Å². The van der Waals surface area contributed by atoms with Gasteiger partial charge in [-0.2, -0.15) is 4.31 Å². The van der Waals surface area contributed by atoms with Gasteiger partial charge >= 0.3 is 0 Å². The Labute approximate surface area is 170 Å². The van der Waals surface area contributed by atoms with Crippen LogP contribution in [0.2, 0.25) is 5.02 Å². The number of piperazine rings is 1. The van der Waals surface area contributed by atoms with Crippen molar-refractivity contribution < 1.29 is 17.9 Å². The molecule has 1 amide bonds. The van der Waals surface area contributed by atoms with Crippen LogP contribution in [-0.2, 0) is 14.8 Å². The Balaban J connectivity index is 2.11. The fraction of sp³-hybridized carbons (Fsp3) is 0.350. The lowest BCUT2D eigenvalue weighted by Gasteiger charge is -2.31. The molecule has 2 aromatic rings. The molecule has 8 heteroatoms. The lowest BCUT2D eigenvalue weighted by atomic mass is 9.98. The van der Waals surface area contributed by atoms with Crippen LogP contribution in [0.25, 0.3) is 11.1 Å². The number of halogens is 1. The molecule has 0 N–H and O–H groups in total. The largest absolute Gasteiger partial charge is 0.497 e. The Morgan fingerprint density at radius 1 is 1.04 bits per heavy atom. The first kappa shape index (κ1) is 20.6. The van der Waals surface area contributed by atoms with E-state index in [0.717, 1.165) is 5.56 Å². The zero-order valence-corrected chi connectivity index (χ0v) is 17.9. The molecule has 2 aromatic carbocycles. The number of likely N-dealkylation sites (N-methyl/N-ethyl adjacent to an activating group) is 1. The smallest absolute Gasteiger partial charge is 0.243 e. The first-order valence-corrected chi connectivity index (χ1v) is 10.7. The molecule has 0 aliphatic carbocycles. The molecular formula is C20H23ClN2O4S. The van der Waals surface area contributed by atoms with Crippen LogP contribution in [0.3, 0.4) is 0 Å². The van der Waals surface area contributed by atoms with Crippen molar-refractivity contribution in [1.29, 1.82) is 0 Å². The van der Waals surface area contributed by atoms with Gasteiger partial charge in [0.05, 0.1) is 18.6 Å². The number of sulfonamides is 1. The Kier molecular flexibility index (Phi) is 5.70. The third-order valence-electron chi connectivity index (χ3n) is 5.03. The average molecular weight is 423 g/mol. The molecule has 1 fully saturated rings. The summed E-state index contributed by atoms with van der Waals surface area (Å²) in [6.45, 7) is 4.16. The molecule has 150 valence electrons. The second kappa shape index (κ2) is 7.73. The number of amides is 1. The van der Waals surface area contributed by atoms with E-state index in [1.807, 2.05) is 13.0 Å². The lowest BCUT2D eigenvalue weighted by Crippen LogP contribution is -2.50. The number of carbonyl (C=O) groups excluding carboxylic acids is 1. The van der Waals surface area contributed by atoms with Crippen molar-refractivity contribution in [2.24, 2.45) is 0 Å². The van der Waals surface area contributed by atoms with Crippen LogP contribution in [0.1, 0.15) is 11.1 Å². The predicted molar refractivity (Wildman–Crippen MR) is 109 cm³/mol. The first-order chi connectivity index (χ1) is 13.1. The van der Waals surface area contributed by atoms with Gasteiger partial charge in [-0.1, -0.05) is 17.7 Å². The first-order valence-electron chi connectivity index (χ1n) is 8.84. The summed E-state index contributed by atoms with van der Waals surface area (Å²) in [5.41, 5.74) is 2.95. The Morgan fingerprint density at radius 3 is 2.39 bits per heavy atom. The highest BCUT2D eigenvalue weighted by atomic mass is 35.5. The maximum Gasteiger partial charge on any atom is 0.243 e. The Hall–Kier alpha value is -2.09. The molecule has 0 radical (unpaired) electrons. The highest BCUT2D eigenvalue weighted by molar-refractivity contribution is 7.89. The van der Waals surface area contributed by atoms with E-state index < -0.39 is 10.0 Å². The van der Waals surface area contributed by atoms with Gasteiger partial charge in [0.25, 0.3) is 0 Å². The molecular weight excluding hydrogens is 400 g/mol. The van der Waals surface area contributed by atoms with Gasteiger partial charge < -0.3 is 9.64 Å². The van der Waals surface area contributed by atoms with Crippen LogP contribution >= 0.6 is 11.6 Å². The van der Waals surface area contributed by atoms with Crippen molar-refractivity contribution in [3.63, 3.8) is 0 Å². The summed E-state index contributed by atoms with van der Waals surface area (Å²) >= 11 is 6.38. The Morgan fingerprint density at radius 2 is 1.75 bits per heavy atom. The van der Waals surface area contributed by atoms with Gasteiger partial charge in [-0.05, 0) is 54.8 Å². The number of rotatable bonds is 4. The third kappa shape index (κ3) is 3.74. The van der Waals surface area contributed by atoms with Crippen LogP contribution in [0.4, 0.5) is 0 Å². The van der Waals surface area contributed by atoms with E-state index in [2.05, 4.69) is 0 Å². The van der Waals surface area contributed by atoms with Crippen molar-refractivity contribution in [3.05, 3.63) is 46.5 Å². The van der Waals surface area contributed by atoms with E-state index in [0.29, 0.717) is 34.0 Å². The second-order valence-corrected chi connectivity index (χ2v) is 9.25. The summed E-state index contributed by atoms with van der Waals surface area (Å²) in [6.07, 6.45) is 0.